The van der Waals surface area contributed by atoms with Crippen molar-refractivity contribution in [3.8, 4) is 5.75 Å². The van der Waals surface area contributed by atoms with E-state index in [1.807, 2.05) is 0 Å². The van der Waals surface area contributed by atoms with Crippen molar-refractivity contribution in [2.24, 2.45) is 0 Å². The summed E-state index contributed by atoms with van der Waals surface area (Å²) in [5.74, 6) is -0.705. The Morgan fingerprint density at radius 3 is 2.41 bits per heavy atom. The highest BCUT2D eigenvalue weighted by atomic mass is 35.5. The minimum Gasteiger partial charge on any atom is -0.497 e. The zero-order chi connectivity index (χ0) is 29.0. The number of amides is 2. The Bertz CT molecular complexity index is 1300. The van der Waals surface area contributed by atoms with Crippen LogP contribution in [0.15, 0.2) is 42.5 Å². The largest absolute Gasteiger partial charge is 0.497 e. The Hall–Kier alpha value is -2.99. The van der Waals surface area contributed by atoms with Gasteiger partial charge in [-0.2, -0.15) is 13.2 Å². The Kier molecular flexibility index (Phi) is 9.76. The normalized spacial score (nSPS) is 15.1. The average molecular weight is 590 g/mol. The zero-order valence-electron chi connectivity index (χ0n) is 21.8. The van der Waals surface area contributed by atoms with Crippen LogP contribution in [0.3, 0.4) is 0 Å². The number of nitrogens with one attached hydrogen (secondary N) is 1. The van der Waals surface area contributed by atoms with Gasteiger partial charge in [-0.05, 0) is 55.7 Å². The molecule has 1 fully saturated rings. The summed E-state index contributed by atoms with van der Waals surface area (Å²) in [6, 6.07) is 7.97. The smallest absolute Gasteiger partial charge is 0.416 e. The number of hydrogen-bond donors (Lipinski definition) is 1. The van der Waals surface area contributed by atoms with Crippen molar-refractivity contribution in [2.45, 2.75) is 57.4 Å². The van der Waals surface area contributed by atoms with Crippen LogP contribution in [0.25, 0.3) is 0 Å². The lowest BCUT2D eigenvalue weighted by molar-refractivity contribution is -0.139. The number of alkyl halides is 3. The molecule has 2 aromatic carbocycles. The maximum absolute atomic E-state index is 13.7. The zero-order valence-corrected chi connectivity index (χ0v) is 23.4. The van der Waals surface area contributed by atoms with Crippen molar-refractivity contribution in [3.05, 3.63) is 58.6 Å². The van der Waals surface area contributed by atoms with Gasteiger partial charge in [-0.3, -0.25) is 13.9 Å². The van der Waals surface area contributed by atoms with E-state index in [2.05, 4.69) is 5.32 Å². The van der Waals surface area contributed by atoms with Crippen LogP contribution in [-0.4, -0.2) is 57.1 Å². The van der Waals surface area contributed by atoms with Crippen LogP contribution < -0.4 is 14.4 Å². The highest BCUT2D eigenvalue weighted by Crippen LogP contribution is 2.36. The van der Waals surface area contributed by atoms with Gasteiger partial charge in [0.2, 0.25) is 21.8 Å². The van der Waals surface area contributed by atoms with Gasteiger partial charge in [-0.25, -0.2) is 8.42 Å². The lowest BCUT2D eigenvalue weighted by atomic mass is 10.1. The van der Waals surface area contributed by atoms with E-state index >= 15 is 0 Å². The first-order valence-electron chi connectivity index (χ1n) is 12.3. The molecule has 1 saturated carbocycles. The van der Waals surface area contributed by atoms with E-state index in [-0.39, 0.29) is 17.6 Å². The molecule has 13 heteroatoms. The second-order valence-corrected chi connectivity index (χ2v) is 11.8. The molecule has 1 aliphatic rings. The van der Waals surface area contributed by atoms with E-state index in [1.54, 1.807) is 24.3 Å². The van der Waals surface area contributed by atoms with Crippen molar-refractivity contribution in [1.82, 2.24) is 10.2 Å². The number of halogens is 4. The van der Waals surface area contributed by atoms with E-state index in [0.29, 0.717) is 21.7 Å². The Balaban J connectivity index is 1.97. The van der Waals surface area contributed by atoms with Crippen LogP contribution in [0.4, 0.5) is 18.9 Å². The number of rotatable bonds is 10. The second-order valence-electron chi connectivity index (χ2n) is 9.47. The standard InChI is InChI=1S/C26H31ClF3N3O5S/c1-17(25(35)31-20-8-4-5-9-20)32(15-18-7-6-10-21(13-18)38-2)24(34)16-33(39(3,36)37)23-14-19(26(28,29)30)11-12-22(23)27/h6-7,10-14,17,20H,4-5,8-9,15-16H2,1-3H3,(H,31,35)/t17-/m0/s1. The van der Waals surface area contributed by atoms with Gasteiger partial charge in [0.05, 0.1) is 29.6 Å². The Morgan fingerprint density at radius 1 is 1.15 bits per heavy atom. The van der Waals surface area contributed by atoms with Crippen molar-refractivity contribution < 1.29 is 35.9 Å². The fourth-order valence-corrected chi connectivity index (χ4v) is 5.54. The molecule has 39 heavy (non-hydrogen) atoms. The molecular weight excluding hydrogens is 559 g/mol. The highest BCUT2D eigenvalue weighted by Gasteiger charge is 2.35. The topological polar surface area (TPSA) is 96.0 Å². The molecule has 0 aromatic heterocycles. The summed E-state index contributed by atoms with van der Waals surface area (Å²) in [6.45, 7) is 0.568. The fourth-order valence-electron chi connectivity index (χ4n) is 4.42. The van der Waals surface area contributed by atoms with Crippen LogP contribution in [0.1, 0.15) is 43.7 Å². The molecule has 1 aliphatic carbocycles. The molecule has 0 unspecified atom stereocenters. The van der Waals surface area contributed by atoms with Crippen LogP contribution in [0.2, 0.25) is 5.02 Å². The van der Waals surface area contributed by atoms with E-state index in [1.165, 1.54) is 18.9 Å². The summed E-state index contributed by atoms with van der Waals surface area (Å²) >= 11 is 6.11. The van der Waals surface area contributed by atoms with Gasteiger partial charge >= 0.3 is 6.18 Å². The number of nitrogens with zero attached hydrogens (tertiary/aromatic N) is 2. The number of carbonyl (C=O) groups excluding carboxylic acids is 2. The summed E-state index contributed by atoms with van der Waals surface area (Å²) < 4.78 is 71.3. The SMILES string of the molecule is COc1cccc(CN(C(=O)CN(c2cc(C(F)(F)F)ccc2Cl)S(C)(=O)=O)[C@@H](C)C(=O)NC2CCCC2)c1. The summed E-state index contributed by atoms with van der Waals surface area (Å²) in [6.07, 6.45) is -0.409. The maximum Gasteiger partial charge on any atom is 0.416 e. The minimum absolute atomic E-state index is 0.0230. The summed E-state index contributed by atoms with van der Waals surface area (Å²) in [5.41, 5.74) is -1.02. The molecule has 0 saturated heterocycles. The second kappa shape index (κ2) is 12.5. The van der Waals surface area contributed by atoms with Gasteiger partial charge in [-0.15, -0.1) is 0 Å². The van der Waals surface area contributed by atoms with Gasteiger partial charge in [0.25, 0.3) is 0 Å². The van der Waals surface area contributed by atoms with Gasteiger partial charge in [0.15, 0.2) is 0 Å². The molecule has 2 amide bonds. The molecule has 1 N–H and O–H groups in total. The molecule has 3 rings (SSSR count). The molecule has 1 atom stereocenters. The average Bonchev–Trinajstić information content (AvgIpc) is 3.37. The Morgan fingerprint density at radius 2 is 1.82 bits per heavy atom. The number of ether oxygens (including phenoxy) is 1. The highest BCUT2D eigenvalue weighted by molar-refractivity contribution is 7.92. The van der Waals surface area contributed by atoms with E-state index in [0.717, 1.165) is 44.1 Å². The first-order valence-corrected chi connectivity index (χ1v) is 14.5. The summed E-state index contributed by atoms with van der Waals surface area (Å²) in [7, 11) is -2.79. The number of sulfonamides is 1. The van der Waals surface area contributed by atoms with Crippen molar-refractivity contribution >= 4 is 39.1 Å². The minimum atomic E-state index is -4.77. The molecular formula is C26H31ClF3N3O5S. The maximum atomic E-state index is 13.7. The number of hydrogen-bond acceptors (Lipinski definition) is 5. The molecule has 214 valence electrons. The number of anilines is 1. The third kappa shape index (κ3) is 8.01. The van der Waals surface area contributed by atoms with Gasteiger partial charge < -0.3 is 15.0 Å². The van der Waals surface area contributed by atoms with Gasteiger partial charge in [0.1, 0.15) is 18.3 Å². The summed E-state index contributed by atoms with van der Waals surface area (Å²) in [4.78, 5) is 28.0. The monoisotopic (exact) mass is 589 g/mol. The molecule has 0 aliphatic heterocycles. The molecule has 0 radical (unpaired) electrons. The lowest BCUT2D eigenvalue weighted by Crippen LogP contribution is -2.52. The van der Waals surface area contributed by atoms with Crippen LogP contribution in [-0.2, 0) is 32.3 Å². The Labute approximate surface area is 231 Å². The van der Waals surface area contributed by atoms with Gasteiger partial charge in [0, 0.05) is 12.6 Å². The van der Waals surface area contributed by atoms with Crippen molar-refractivity contribution in [3.63, 3.8) is 0 Å². The van der Waals surface area contributed by atoms with Crippen molar-refractivity contribution in [1.29, 1.82) is 0 Å². The van der Waals surface area contributed by atoms with Crippen LogP contribution in [0.5, 0.6) is 5.75 Å². The fraction of sp³-hybridized carbons (Fsp3) is 0.462. The predicted molar refractivity (Wildman–Crippen MR) is 142 cm³/mol. The van der Waals surface area contributed by atoms with E-state index in [4.69, 9.17) is 16.3 Å². The van der Waals surface area contributed by atoms with Crippen molar-refractivity contribution in [2.75, 3.05) is 24.2 Å². The first kappa shape index (κ1) is 30.6. The van der Waals surface area contributed by atoms with Crippen LogP contribution in [0, 0.1) is 0 Å². The van der Waals surface area contributed by atoms with Crippen LogP contribution >= 0.6 is 11.6 Å². The third-order valence-electron chi connectivity index (χ3n) is 6.58. The quantitative estimate of drug-likeness (QED) is 0.437. The summed E-state index contributed by atoms with van der Waals surface area (Å²) in [5, 5.41) is 2.65. The molecule has 0 heterocycles. The van der Waals surface area contributed by atoms with E-state index in [9.17, 15) is 31.2 Å². The molecule has 8 nitrogen and oxygen atoms in total. The van der Waals surface area contributed by atoms with E-state index < -0.39 is 51.9 Å². The molecule has 2 aromatic rings. The lowest BCUT2D eigenvalue weighted by Gasteiger charge is -2.32. The number of methoxy groups -OCH3 is 1. The number of carbonyl (C=O) groups is 2. The first-order chi connectivity index (χ1) is 18.2. The third-order valence-corrected chi connectivity index (χ3v) is 8.02. The predicted octanol–water partition coefficient (Wildman–Crippen LogP) is 4.61. The number of benzene rings is 2. The van der Waals surface area contributed by atoms with Gasteiger partial charge in [-0.1, -0.05) is 36.6 Å². The molecule has 0 bridgehead atoms. The molecule has 0 spiro atoms.